The molecule has 1 aliphatic heterocycles. The van der Waals surface area contributed by atoms with Crippen LogP contribution >= 0.6 is 12.0 Å². The second-order valence-corrected chi connectivity index (χ2v) is 9.44. The molecule has 0 radical (unpaired) electrons. The van der Waals surface area contributed by atoms with Gasteiger partial charge in [-0.1, -0.05) is 6.07 Å². The molecule has 0 aromatic heterocycles. The second-order valence-electron chi connectivity index (χ2n) is 8.68. The van der Waals surface area contributed by atoms with Gasteiger partial charge in [0, 0.05) is 28.6 Å². The zero-order valence-corrected chi connectivity index (χ0v) is 20.7. The Morgan fingerprint density at radius 1 is 1.35 bits per heavy atom. The van der Waals surface area contributed by atoms with E-state index in [4.69, 9.17) is 9.59 Å². The smallest absolute Gasteiger partial charge is 0.387 e. The minimum atomic E-state index is -2.93. The van der Waals surface area contributed by atoms with Gasteiger partial charge < -0.3 is 30.1 Å². The Morgan fingerprint density at radius 3 is 2.56 bits per heavy atom. The number of hydrogen-bond acceptors (Lipinski definition) is 8. The van der Waals surface area contributed by atoms with Crippen molar-refractivity contribution in [3.05, 3.63) is 53.1 Å². The third kappa shape index (κ3) is 7.76. The monoisotopic (exact) mass is 495 g/mol. The minimum absolute atomic E-state index is 0.00807. The lowest BCUT2D eigenvalue weighted by molar-refractivity contribution is -0.0498. The van der Waals surface area contributed by atoms with Crippen molar-refractivity contribution in [2.24, 2.45) is 0 Å². The van der Waals surface area contributed by atoms with Crippen LogP contribution in [0.4, 0.5) is 20.2 Å². The van der Waals surface area contributed by atoms with E-state index in [1.54, 1.807) is 37.2 Å². The van der Waals surface area contributed by atoms with Crippen LogP contribution in [0, 0.1) is 12.3 Å². The summed E-state index contributed by atoms with van der Waals surface area (Å²) < 4.78 is 34.3. The number of nitrogens with one attached hydrogen (secondary N) is 3. The summed E-state index contributed by atoms with van der Waals surface area (Å²) in [6.07, 6.45) is 0.662. The van der Waals surface area contributed by atoms with E-state index in [1.165, 1.54) is 32.0 Å². The van der Waals surface area contributed by atoms with E-state index >= 15 is 0 Å². The first-order valence-corrected chi connectivity index (χ1v) is 11.5. The molecule has 1 atom stereocenters. The number of likely N-dealkylation sites (N-methyl/N-ethyl adjacent to an activating group) is 1. The SMILES string of the molecule is CNC1(C)COSC1.Cc1cc(C=O)cc(C(=N)C(C)(C)O)c1Nc1cccc(OC(F)F)c1. The quantitative estimate of drug-likeness (QED) is 0.234. The molecule has 1 fully saturated rings. The Morgan fingerprint density at radius 2 is 2.06 bits per heavy atom. The van der Waals surface area contributed by atoms with E-state index in [1.807, 2.05) is 7.05 Å². The highest BCUT2D eigenvalue weighted by Gasteiger charge is 2.28. The lowest BCUT2D eigenvalue weighted by Crippen LogP contribution is -2.42. The number of aliphatic hydroxyl groups is 1. The first kappa shape index (κ1) is 27.7. The van der Waals surface area contributed by atoms with Crippen molar-refractivity contribution in [2.75, 3.05) is 24.7 Å². The van der Waals surface area contributed by atoms with Gasteiger partial charge in [0.25, 0.3) is 0 Å². The van der Waals surface area contributed by atoms with E-state index in [0.717, 1.165) is 12.4 Å². The summed E-state index contributed by atoms with van der Waals surface area (Å²) in [5.41, 5.74) is 1.07. The normalized spacial score (nSPS) is 17.7. The molecule has 10 heteroatoms. The van der Waals surface area contributed by atoms with Crippen molar-refractivity contribution in [1.29, 1.82) is 5.41 Å². The van der Waals surface area contributed by atoms with Crippen molar-refractivity contribution in [2.45, 2.75) is 45.4 Å². The molecule has 186 valence electrons. The summed E-state index contributed by atoms with van der Waals surface area (Å²) in [6, 6.07) is 9.15. The van der Waals surface area contributed by atoms with Gasteiger partial charge in [-0.25, -0.2) is 0 Å². The van der Waals surface area contributed by atoms with Gasteiger partial charge in [0.1, 0.15) is 17.6 Å². The molecule has 34 heavy (non-hydrogen) atoms. The van der Waals surface area contributed by atoms with Crippen molar-refractivity contribution in [3.8, 4) is 5.75 Å². The molecule has 2 aromatic carbocycles. The van der Waals surface area contributed by atoms with Crippen LogP contribution in [-0.4, -0.2) is 54.3 Å². The number of anilines is 2. The highest BCUT2D eigenvalue weighted by atomic mass is 32.2. The zero-order valence-electron chi connectivity index (χ0n) is 19.9. The van der Waals surface area contributed by atoms with Crippen molar-refractivity contribution >= 4 is 35.4 Å². The number of carbonyl (C=O) groups is 1. The number of benzene rings is 2. The molecule has 0 aliphatic carbocycles. The number of carbonyl (C=O) groups excluding carboxylic acids is 1. The van der Waals surface area contributed by atoms with Crippen molar-refractivity contribution in [3.63, 3.8) is 0 Å². The molecular weight excluding hydrogens is 464 g/mol. The van der Waals surface area contributed by atoms with Crippen LogP contribution in [0.15, 0.2) is 36.4 Å². The first-order chi connectivity index (χ1) is 15.9. The molecule has 0 saturated carbocycles. The molecule has 3 rings (SSSR count). The number of hydrogen-bond donors (Lipinski definition) is 4. The van der Waals surface area contributed by atoms with Crippen LogP contribution in [-0.2, 0) is 4.18 Å². The van der Waals surface area contributed by atoms with Crippen LogP contribution < -0.4 is 15.4 Å². The van der Waals surface area contributed by atoms with Gasteiger partial charge >= 0.3 is 6.61 Å². The van der Waals surface area contributed by atoms with E-state index in [-0.39, 0.29) is 17.0 Å². The van der Waals surface area contributed by atoms with Gasteiger partial charge in [-0.2, -0.15) is 8.78 Å². The minimum Gasteiger partial charge on any atom is -0.435 e. The van der Waals surface area contributed by atoms with Gasteiger partial charge in [0.2, 0.25) is 0 Å². The fourth-order valence-electron chi connectivity index (χ4n) is 3.00. The Labute approximate surface area is 202 Å². The number of alkyl halides is 2. The largest absolute Gasteiger partial charge is 0.435 e. The van der Waals surface area contributed by atoms with Crippen molar-refractivity contribution < 1.29 is 27.6 Å². The Bertz CT molecular complexity index is 1010. The third-order valence-electron chi connectivity index (χ3n) is 5.15. The van der Waals surface area contributed by atoms with E-state index < -0.39 is 12.2 Å². The Balaban J connectivity index is 0.000000430. The topological polar surface area (TPSA) is 104 Å². The summed E-state index contributed by atoms with van der Waals surface area (Å²) in [5.74, 6) is 1.05. The van der Waals surface area contributed by atoms with E-state index in [2.05, 4.69) is 22.3 Å². The maximum absolute atomic E-state index is 12.4. The summed E-state index contributed by atoms with van der Waals surface area (Å²) in [4.78, 5) is 11.2. The van der Waals surface area contributed by atoms with Gasteiger partial charge in [-0.05, 0) is 76.6 Å². The number of halogens is 2. The molecular formula is C24H31F2N3O4S. The summed E-state index contributed by atoms with van der Waals surface area (Å²) in [5, 5.41) is 24.7. The van der Waals surface area contributed by atoms with E-state index in [9.17, 15) is 18.7 Å². The lowest BCUT2D eigenvalue weighted by atomic mass is 9.91. The summed E-state index contributed by atoms with van der Waals surface area (Å²) >= 11 is 1.54. The first-order valence-electron chi connectivity index (χ1n) is 10.6. The lowest BCUT2D eigenvalue weighted by Gasteiger charge is -2.23. The van der Waals surface area contributed by atoms with Crippen molar-refractivity contribution in [1.82, 2.24) is 5.32 Å². The average molecular weight is 496 g/mol. The summed E-state index contributed by atoms with van der Waals surface area (Å²) in [6.45, 7) is 4.74. The van der Waals surface area contributed by atoms with Crippen LogP contribution in [0.3, 0.4) is 0 Å². The fourth-order valence-corrected chi connectivity index (χ4v) is 3.91. The number of rotatable bonds is 8. The van der Waals surface area contributed by atoms with Gasteiger partial charge in [0.15, 0.2) is 0 Å². The molecule has 0 amide bonds. The fraction of sp³-hybridized carbons (Fsp3) is 0.417. The number of ether oxygens (including phenoxy) is 1. The second kappa shape index (κ2) is 11.7. The van der Waals surface area contributed by atoms with Crippen LogP contribution in [0.5, 0.6) is 5.75 Å². The highest BCUT2D eigenvalue weighted by molar-refractivity contribution is 7.94. The summed E-state index contributed by atoms with van der Waals surface area (Å²) in [7, 11) is 1.97. The average Bonchev–Trinajstić information content (AvgIpc) is 3.21. The molecule has 1 saturated heterocycles. The van der Waals surface area contributed by atoms with Crippen LogP contribution in [0.1, 0.15) is 42.3 Å². The molecule has 0 bridgehead atoms. The predicted molar refractivity (Wildman–Crippen MR) is 132 cm³/mol. The molecule has 4 N–H and O–H groups in total. The number of aldehydes is 1. The Kier molecular flexibility index (Phi) is 9.57. The molecule has 1 aliphatic rings. The highest BCUT2D eigenvalue weighted by Crippen LogP contribution is 2.31. The zero-order chi connectivity index (χ0) is 25.5. The van der Waals surface area contributed by atoms with Gasteiger partial charge in [0.05, 0.1) is 23.5 Å². The molecule has 7 nitrogen and oxygen atoms in total. The Hall–Kier alpha value is -2.53. The van der Waals surface area contributed by atoms with Gasteiger partial charge in [-0.3, -0.25) is 4.79 Å². The van der Waals surface area contributed by atoms with Gasteiger partial charge in [-0.15, -0.1) is 0 Å². The van der Waals surface area contributed by atoms with Crippen LogP contribution in [0.25, 0.3) is 0 Å². The predicted octanol–water partition coefficient (Wildman–Crippen LogP) is 4.93. The molecule has 0 spiro atoms. The standard InChI is InChI=1S/C19H20F2N2O3.C5H11NOS/c1-11-7-12(10-24)8-15(17(22)19(2,3)25)16(11)23-13-5-4-6-14(9-13)26-18(20)21;1-5(6-2)3-7-8-4-5/h4-10,18,22-23,25H,1-3H3;6H,3-4H2,1-2H3. The van der Waals surface area contributed by atoms with Crippen LogP contribution in [0.2, 0.25) is 0 Å². The number of aryl methyl sites for hydroxylation is 1. The molecule has 2 aromatic rings. The molecule has 1 unspecified atom stereocenters. The molecule has 1 heterocycles. The van der Waals surface area contributed by atoms with E-state index in [0.29, 0.717) is 34.4 Å². The maximum Gasteiger partial charge on any atom is 0.387 e. The maximum atomic E-state index is 12.4. The third-order valence-corrected chi connectivity index (χ3v) is 6.18.